The van der Waals surface area contributed by atoms with Crippen molar-refractivity contribution < 1.29 is 4.74 Å². The molecule has 7 heteroatoms. The van der Waals surface area contributed by atoms with Gasteiger partial charge in [-0.25, -0.2) is 4.98 Å². The summed E-state index contributed by atoms with van der Waals surface area (Å²) in [7, 11) is 1.96. The lowest BCUT2D eigenvalue weighted by molar-refractivity contribution is 0.243. The summed E-state index contributed by atoms with van der Waals surface area (Å²) in [6.07, 6.45) is 3.60. The van der Waals surface area contributed by atoms with E-state index < -0.39 is 0 Å². The maximum absolute atomic E-state index is 12.8. The van der Waals surface area contributed by atoms with Crippen molar-refractivity contribution in [3.8, 4) is 17.0 Å². The van der Waals surface area contributed by atoms with E-state index in [0.717, 1.165) is 22.3 Å². The molecule has 0 aliphatic rings. The molecule has 160 valence electrons. The predicted molar refractivity (Wildman–Crippen MR) is 126 cm³/mol. The highest BCUT2D eigenvalue weighted by Crippen LogP contribution is 2.31. The largest absolute Gasteiger partial charge is 0.489 e. The molecule has 0 spiro atoms. The van der Waals surface area contributed by atoms with E-state index in [-0.39, 0.29) is 17.7 Å². The Labute approximate surface area is 185 Å². The van der Waals surface area contributed by atoms with Crippen LogP contribution in [0.1, 0.15) is 32.4 Å². The molecule has 1 atom stereocenters. The molecule has 0 aliphatic heterocycles. The quantitative estimate of drug-likeness (QED) is 0.416. The van der Waals surface area contributed by atoms with Gasteiger partial charge in [-0.1, -0.05) is 23.7 Å². The number of imidazole rings is 1. The van der Waals surface area contributed by atoms with Crippen LogP contribution >= 0.6 is 11.6 Å². The Kier molecular flexibility index (Phi) is 5.74. The van der Waals surface area contributed by atoms with E-state index in [1.807, 2.05) is 68.9 Å². The molecule has 1 unspecified atom stereocenters. The minimum absolute atomic E-state index is 0.00715. The van der Waals surface area contributed by atoms with Gasteiger partial charge in [-0.15, -0.1) is 0 Å². The van der Waals surface area contributed by atoms with Crippen molar-refractivity contribution in [2.45, 2.75) is 32.9 Å². The van der Waals surface area contributed by atoms with Crippen LogP contribution in [0.2, 0.25) is 5.02 Å². The van der Waals surface area contributed by atoms with Crippen molar-refractivity contribution in [3.05, 3.63) is 75.9 Å². The van der Waals surface area contributed by atoms with Crippen LogP contribution in [0.3, 0.4) is 0 Å². The van der Waals surface area contributed by atoms with E-state index >= 15 is 0 Å². The summed E-state index contributed by atoms with van der Waals surface area (Å²) in [5.41, 5.74) is 4.17. The van der Waals surface area contributed by atoms with Gasteiger partial charge in [0.15, 0.2) is 0 Å². The van der Waals surface area contributed by atoms with Crippen molar-refractivity contribution in [1.82, 2.24) is 14.5 Å². The van der Waals surface area contributed by atoms with Gasteiger partial charge in [-0.05, 0) is 45.0 Å². The molecule has 0 aliphatic carbocycles. The summed E-state index contributed by atoms with van der Waals surface area (Å²) in [6, 6.07) is 13.3. The molecular formula is C24H25ClN4O2. The smallest absolute Gasteiger partial charge is 0.253 e. The van der Waals surface area contributed by atoms with E-state index in [2.05, 4.69) is 21.4 Å². The van der Waals surface area contributed by atoms with Crippen molar-refractivity contribution in [2.75, 3.05) is 5.32 Å². The van der Waals surface area contributed by atoms with Gasteiger partial charge in [0.25, 0.3) is 5.56 Å². The first-order chi connectivity index (χ1) is 14.8. The van der Waals surface area contributed by atoms with E-state index in [9.17, 15) is 4.79 Å². The molecule has 31 heavy (non-hydrogen) atoms. The van der Waals surface area contributed by atoms with Crippen molar-refractivity contribution in [3.63, 3.8) is 0 Å². The first-order valence-electron chi connectivity index (χ1n) is 10.2. The fourth-order valence-corrected chi connectivity index (χ4v) is 3.84. The normalized spacial score (nSPS) is 12.3. The number of aromatic amines is 1. The summed E-state index contributed by atoms with van der Waals surface area (Å²) in [6.45, 7) is 5.83. The Hall–Kier alpha value is -3.25. The fraction of sp³-hybridized carbons (Fsp3) is 0.250. The minimum atomic E-state index is -0.208. The lowest BCUT2D eigenvalue weighted by Crippen LogP contribution is -2.19. The van der Waals surface area contributed by atoms with Gasteiger partial charge in [-0.3, -0.25) is 4.79 Å². The van der Waals surface area contributed by atoms with Crippen molar-refractivity contribution in [1.29, 1.82) is 0 Å². The summed E-state index contributed by atoms with van der Waals surface area (Å²) in [4.78, 5) is 19.9. The van der Waals surface area contributed by atoms with Crippen LogP contribution in [0.25, 0.3) is 22.2 Å². The number of nitrogens with zero attached hydrogens (tertiary/aromatic N) is 2. The SMILES string of the molecule is CC(C)Oc1cc2[nH]c(=O)c(C(C)Nc3cccc(-c4cncn4C)c3)cc2cc1Cl. The minimum Gasteiger partial charge on any atom is -0.489 e. The highest BCUT2D eigenvalue weighted by Gasteiger charge is 2.14. The molecule has 2 aromatic carbocycles. The fourth-order valence-electron chi connectivity index (χ4n) is 3.62. The molecule has 0 amide bonds. The zero-order chi connectivity index (χ0) is 22.1. The number of pyridine rings is 1. The number of benzene rings is 2. The number of aryl methyl sites for hydroxylation is 1. The zero-order valence-corrected chi connectivity index (χ0v) is 18.7. The highest BCUT2D eigenvalue weighted by atomic mass is 35.5. The molecule has 4 rings (SSSR count). The van der Waals surface area contributed by atoms with E-state index in [1.54, 1.807) is 12.4 Å². The Morgan fingerprint density at radius 2 is 1.97 bits per heavy atom. The standard InChI is InChI=1S/C24H25ClN4O2/c1-14(2)31-23-11-21-17(10-20(23)25)9-19(24(30)28-21)15(3)27-18-7-5-6-16(8-18)22-12-26-13-29(22)4/h5-15,27H,1-4H3,(H,28,30). The van der Waals surface area contributed by atoms with Crippen molar-refractivity contribution in [2.24, 2.45) is 7.05 Å². The van der Waals surface area contributed by atoms with Crippen LogP contribution < -0.4 is 15.6 Å². The van der Waals surface area contributed by atoms with Gasteiger partial charge in [0.1, 0.15) is 5.75 Å². The van der Waals surface area contributed by atoms with Gasteiger partial charge < -0.3 is 19.6 Å². The Morgan fingerprint density at radius 1 is 1.16 bits per heavy atom. The summed E-state index contributed by atoms with van der Waals surface area (Å²) in [5, 5.41) is 4.80. The second-order valence-corrected chi connectivity index (χ2v) is 8.33. The van der Waals surface area contributed by atoms with E-state index in [4.69, 9.17) is 16.3 Å². The van der Waals surface area contributed by atoms with Crippen molar-refractivity contribution >= 4 is 28.2 Å². The van der Waals surface area contributed by atoms with Crippen LogP contribution in [-0.4, -0.2) is 20.6 Å². The van der Waals surface area contributed by atoms with Gasteiger partial charge >= 0.3 is 0 Å². The molecule has 0 radical (unpaired) electrons. The molecule has 0 bridgehead atoms. The van der Waals surface area contributed by atoms with Gasteiger partial charge in [0.2, 0.25) is 0 Å². The third kappa shape index (κ3) is 4.44. The van der Waals surface area contributed by atoms with Crippen LogP contribution in [0.15, 0.2) is 59.8 Å². The maximum Gasteiger partial charge on any atom is 0.253 e. The molecule has 6 nitrogen and oxygen atoms in total. The number of fused-ring (bicyclic) bond motifs is 1. The van der Waals surface area contributed by atoms with Gasteiger partial charge in [-0.2, -0.15) is 0 Å². The topological polar surface area (TPSA) is 71.9 Å². The average molecular weight is 437 g/mol. The number of hydrogen-bond acceptors (Lipinski definition) is 4. The predicted octanol–water partition coefficient (Wildman–Crippen LogP) is 5.54. The number of nitrogens with one attached hydrogen (secondary N) is 2. The zero-order valence-electron chi connectivity index (χ0n) is 17.9. The molecule has 4 aromatic rings. The number of halogens is 1. The lowest BCUT2D eigenvalue weighted by atomic mass is 10.1. The number of hydrogen-bond donors (Lipinski definition) is 2. The average Bonchev–Trinajstić information content (AvgIpc) is 3.14. The molecule has 2 heterocycles. The maximum atomic E-state index is 12.8. The Bertz CT molecular complexity index is 1290. The molecule has 2 aromatic heterocycles. The Balaban J connectivity index is 1.63. The number of ether oxygens (including phenoxy) is 1. The van der Waals surface area contributed by atoms with Crippen LogP contribution in [0, 0.1) is 0 Å². The first-order valence-corrected chi connectivity index (χ1v) is 10.6. The first kappa shape index (κ1) is 21.0. The monoisotopic (exact) mass is 436 g/mol. The molecule has 0 saturated carbocycles. The second kappa shape index (κ2) is 8.47. The molecular weight excluding hydrogens is 412 g/mol. The number of H-pyrrole nitrogens is 1. The summed E-state index contributed by atoms with van der Waals surface area (Å²) < 4.78 is 7.70. The molecule has 2 N–H and O–H groups in total. The van der Waals surface area contributed by atoms with Gasteiger partial charge in [0.05, 0.1) is 40.9 Å². The Morgan fingerprint density at radius 3 is 2.68 bits per heavy atom. The summed E-state index contributed by atoms with van der Waals surface area (Å²) in [5.74, 6) is 0.561. The molecule has 0 fully saturated rings. The van der Waals surface area contributed by atoms with Crippen LogP contribution in [0.5, 0.6) is 5.75 Å². The number of aromatic nitrogens is 3. The summed E-state index contributed by atoms with van der Waals surface area (Å²) >= 11 is 6.39. The highest BCUT2D eigenvalue weighted by molar-refractivity contribution is 6.32. The lowest BCUT2D eigenvalue weighted by Gasteiger charge is -2.17. The number of anilines is 1. The van der Waals surface area contributed by atoms with Crippen LogP contribution in [0.4, 0.5) is 5.69 Å². The van der Waals surface area contributed by atoms with E-state index in [1.165, 1.54) is 0 Å². The number of rotatable bonds is 6. The second-order valence-electron chi connectivity index (χ2n) is 7.93. The van der Waals surface area contributed by atoms with E-state index in [0.29, 0.717) is 21.9 Å². The van der Waals surface area contributed by atoms with Crippen LogP contribution in [-0.2, 0) is 7.05 Å². The third-order valence-electron chi connectivity index (χ3n) is 5.11. The van der Waals surface area contributed by atoms with Gasteiger partial charge in [0, 0.05) is 35.3 Å². The molecule has 0 saturated heterocycles. The third-order valence-corrected chi connectivity index (χ3v) is 5.41.